The lowest BCUT2D eigenvalue weighted by atomic mass is 10.2. The van der Waals surface area contributed by atoms with Crippen molar-refractivity contribution in [3.63, 3.8) is 0 Å². The number of carbonyl (C=O) groups excluding carboxylic acids is 2. The van der Waals surface area contributed by atoms with E-state index in [9.17, 15) is 9.59 Å². The summed E-state index contributed by atoms with van der Waals surface area (Å²) >= 11 is 6.04. The number of benzene rings is 1. The lowest BCUT2D eigenvalue weighted by Crippen LogP contribution is -2.50. The van der Waals surface area contributed by atoms with Gasteiger partial charge in [-0.05, 0) is 12.1 Å². The molecule has 0 unspecified atom stereocenters. The van der Waals surface area contributed by atoms with Gasteiger partial charge in [-0.15, -0.1) is 0 Å². The highest BCUT2D eigenvalue weighted by atomic mass is 35.5. The number of nitrogens with one attached hydrogen (secondary N) is 1. The minimum atomic E-state index is -0.240. The van der Waals surface area contributed by atoms with Gasteiger partial charge in [0.2, 0.25) is 5.91 Å². The fourth-order valence-corrected chi connectivity index (χ4v) is 2.91. The highest BCUT2D eigenvalue weighted by molar-refractivity contribution is 6.33. The Morgan fingerprint density at radius 2 is 1.81 bits per heavy atom. The number of rotatable bonds is 4. The van der Waals surface area contributed by atoms with Crippen molar-refractivity contribution in [3.8, 4) is 0 Å². The minimum Gasteiger partial charge on any atom is -0.382 e. The van der Waals surface area contributed by atoms with Crippen LogP contribution in [0.4, 0.5) is 11.5 Å². The molecule has 1 aromatic carbocycles. The number of aromatic nitrogens is 2. The SMILES string of the molecule is Nc1nccnc1C(=O)N1CCN(CC(=O)Nc2ccccc2Cl)CC1. The van der Waals surface area contributed by atoms with Crippen molar-refractivity contribution in [2.24, 2.45) is 0 Å². The van der Waals surface area contributed by atoms with Crippen LogP contribution in [-0.2, 0) is 4.79 Å². The van der Waals surface area contributed by atoms with Gasteiger partial charge in [0, 0.05) is 38.6 Å². The second-order valence-corrected chi connectivity index (χ2v) is 6.29. The van der Waals surface area contributed by atoms with Crippen LogP contribution in [0.2, 0.25) is 5.02 Å². The molecule has 0 radical (unpaired) electrons. The summed E-state index contributed by atoms with van der Waals surface area (Å²) < 4.78 is 0. The van der Waals surface area contributed by atoms with Gasteiger partial charge in [-0.1, -0.05) is 23.7 Å². The molecule has 2 aromatic rings. The molecule has 0 bridgehead atoms. The summed E-state index contributed by atoms with van der Waals surface area (Å²) in [4.78, 5) is 36.2. The third kappa shape index (κ3) is 4.27. The first-order valence-corrected chi connectivity index (χ1v) is 8.55. The number of piperazine rings is 1. The van der Waals surface area contributed by atoms with E-state index in [0.717, 1.165) is 0 Å². The first kappa shape index (κ1) is 18.1. The molecule has 1 fully saturated rings. The third-order valence-electron chi connectivity index (χ3n) is 4.10. The highest BCUT2D eigenvalue weighted by Crippen LogP contribution is 2.20. The molecule has 26 heavy (non-hydrogen) atoms. The van der Waals surface area contributed by atoms with Crippen LogP contribution in [0.5, 0.6) is 0 Å². The molecular weight excluding hydrogens is 356 g/mol. The van der Waals surface area contributed by atoms with Crippen LogP contribution in [0.3, 0.4) is 0 Å². The Kier molecular flexibility index (Phi) is 5.65. The number of nitrogens with zero attached hydrogens (tertiary/aromatic N) is 4. The standard InChI is InChI=1S/C17H19ClN6O2/c18-12-3-1-2-4-13(12)22-14(25)11-23-7-9-24(10-8-23)17(26)15-16(19)21-6-5-20-15/h1-6H,7-11H2,(H2,19,21)(H,22,25). The van der Waals surface area contributed by atoms with E-state index in [1.807, 2.05) is 11.0 Å². The van der Waals surface area contributed by atoms with Crippen molar-refractivity contribution in [2.75, 3.05) is 43.8 Å². The maximum absolute atomic E-state index is 12.5. The van der Waals surface area contributed by atoms with E-state index in [-0.39, 0.29) is 29.9 Å². The topological polar surface area (TPSA) is 104 Å². The Hall–Kier alpha value is -2.71. The van der Waals surface area contributed by atoms with Gasteiger partial charge in [0.25, 0.3) is 5.91 Å². The molecule has 0 saturated carbocycles. The molecule has 1 saturated heterocycles. The molecule has 1 aliphatic rings. The lowest BCUT2D eigenvalue weighted by molar-refractivity contribution is -0.117. The molecule has 136 valence electrons. The van der Waals surface area contributed by atoms with Crippen molar-refractivity contribution in [2.45, 2.75) is 0 Å². The van der Waals surface area contributed by atoms with Crippen LogP contribution >= 0.6 is 11.6 Å². The van der Waals surface area contributed by atoms with Gasteiger partial charge in [0.1, 0.15) is 0 Å². The molecule has 3 rings (SSSR count). The summed E-state index contributed by atoms with van der Waals surface area (Å²) in [5.41, 5.74) is 6.46. The first-order valence-electron chi connectivity index (χ1n) is 8.17. The Morgan fingerprint density at radius 3 is 2.50 bits per heavy atom. The number of amides is 2. The summed E-state index contributed by atoms with van der Waals surface area (Å²) in [7, 11) is 0. The molecule has 0 spiro atoms. The van der Waals surface area contributed by atoms with E-state index in [0.29, 0.717) is 36.9 Å². The smallest absolute Gasteiger partial charge is 0.276 e. The summed E-state index contributed by atoms with van der Waals surface area (Å²) in [5.74, 6) is -0.258. The average molecular weight is 375 g/mol. The van der Waals surface area contributed by atoms with Gasteiger partial charge in [-0.3, -0.25) is 14.5 Å². The van der Waals surface area contributed by atoms with Crippen LogP contribution in [0, 0.1) is 0 Å². The number of carbonyl (C=O) groups is 2. The van der Waals surface area contributed by atoms with Crippen LogP contribution in [0.1, 0.15) is 10.5 Å². The summed E-state index contributed by atoms with van der Waals surface area (Å²) in [6.07, 6.45) is 2.89. The zero-order chi connectivity index (χ0) is 18.5. The average Bonchev–Trinajstić information content (AvgIpc) is 2.64. The van der Waals surface area contributed by atoms with E-state index >= 15 is 0 Å². The quantitative estimate of drug-likeness (QED) is 0.830. The molecule has 9 heteroatoms. The molecule has 1 aliphatic heterocycles. The molecular formula is C17H19ClN6O2. The van der Waals surface area contributed by atoms with E-state index in [2.05, 4.69) is 15.3 Å². The van der Waals surface area contributed by atoms with Gasteiger partial charge in [-0.2, -0.15) is 0 Å². The molecule has 0 aliphatic carbocycles. The number of hydrogen-bond acceptors (Lipinski definition) is 6. The monoisotopic (exact) mass is 374 g/mol. The Balaban J connectivity index is 1.51. The normalized spacial score (nSPS) is 14.9. The maximum atomic E-state index is 12.5. The summed E-state index contributed by atoms with van der Waals surface area (Å²) in [5, 5.41) is 3.29. The van der Waals surface area contributed by atoms with Crippen LogP contribution in [0.15, 0.2) is 36.7 Å². The lowest BCUT2D eigenvalue weighted by Gasteiger charge is -2.34. The number of hydrogen-bond donors (Lipinski definition) is 2. The predicted molar refractivity (Wildman–Crippen MR) is 98.9 cm³/mol. The van der Waals surface area contributed by atoms with Gasteiger partial charge >= 0.3 is 0 Å². The Labute approximate surface area is 156 Å². The van der Waals surface area contributed by atoms with Crippen molar-refractivity contribution in [3.05, 3.63) is 47.4 Å². The summed E-state index contributed by atoms with van der Waals surface area (Å²) in [6, 6.07) is 7.09. The van der Waals surface area contributed by atoms with Crippen molar-refractivity contribution < 1.29 is 9.59 Å². The highest BCUT2D eigenvalue weighted by Gasteiger charge is 2.25. The van der Waals surface area contributed by atoms with E-state index in [1.54, 1.807) is 23.1 Å². The largest absolute Gasteiger partial charge is 0.382 e. The van der Waals surface area contributed by atoms with Crippen molar-refractivity contribution >= 4 is 34.9 Å². The van der Waals surface area contributed by atoms with Crippen molar-refractivity contribution in [1.82, 2.24) is 19.8 Å². The number of anilines is 2. The molecule has 0 atom stereocenters. The van der Waals surface area contributed by atoms with Gasteiger partial charge < -0.3 is 16.0 Å². The van der Waals surface area contributed by atoms with Crippen LogP contribution in [-0.4, -0.2) is 64.3 Å². The number of nitrogen functional groups attached to an aromatic ring is 1. The maximum Gasteiger partial charge on any atom is 0.276 e. The second kappa shape index (κ2) is 8.11. The minimum absolute atomic E-state index is 0.124. The van der Waals surface area contributed by atoms with Crippen LogP contribution in [0.25, 0.3) is 0 Å². The number of nitrogens with two attached hydrogens (primary N) is 1. The predicted octanol–water partition coefficient (Wildman–Crippen LogP) is 1.11. The fourth-order valence-electron chi connectivity index (χ4n) is 2.73. The number of halogens is 1. The van der Waals surface area contributed by atoms with Gasteiger partial charge in [0.05, 0.1) is 17.3 Å². The van der Waals surface area contributed by atoms with E-state index < -0.39 is 0 Å². The fraction of sp³-hybridized carbons (Fsp3) is 0.294. The first-order chi connectivity index (χ1) is 12.5. The molecule has 8 nitrogen and oxygen atoms in total. The van der Waals surface area contributed by atoms with E-state index in [4.69, 9.17) is 17.3 Å². The Bertz CT molecular complexity index is 807. The van der Waals surface area contributed by atoms with Gasteiger partial charge in [-0.25, -0.2) is 9.97 Å². The molecule has 3 N–H and O–H groups in total. The van der Waals surface area contributed by atoms with Gasteiger partial charge in [0.15, 0.2) is 11.5 Å². The number of para-hydroxylation sites is 1. The Morgan fingerprint density at radius 1 is 1.12 bits per heavy atom. The summed E-state index contributed by atoms with van der Waals surface area (Å²) in [6.45, 7) is 2.40. The zero-order valence-corrected chi connectivity index (χ0v) is 14.8. The molecule has 2 heterocycles. The second-order valence-electron chi connectivity index (χ2n) is 5.89. The van der Waals surface area contributed by atoms with E-state index in [1.165, 1.54) is 12.4 Å². The molecule has 1 aromatic heterocycles. The van der Waals surface area contributed by atoms with Crippen LogP contribution < -0.4 is 11.1 Å². The molecule has 2 amide bonds. The van der Waals surface area contributed by atoms with Crippen molar-refractivity contribution in [1.29, 1.82) is 0 Å². The third-order valence-corrected chi connectivity index (χ3v) is 4.43. The zero-order valence-electron chi connectivity index (χ0n) is 14.1.